The predicted molar refractivity (Wildman–Crippen MR) is 138 cm³/mol. The van der Waals surface area contributed by atoms with Crippen LogP contribution in [0.15, 0.2) is 72.1 Å². The molecule has 1 aromatic heterocycles. The number of carboxylic acid groups (broad SMARTS) is 1. The zero-order chi connectivity index (χ0) is 26.0. The van der Waals surface area contributed by atoms with E-state index in [2.05, 4.69) is 15.3 Å². The van der Waals surface area contributed by atoms with Crippen molar-refractivity contribution in [2.24, 2.45) is 0 Å². The number of carbonyl (C=O) groups excluding carboxylic acids is 1. The maximum absolute atomic E-state index is 12.2. The number of amides is 1. The molecule has 194 valence electrons. The summed E-state index contributed by atoms with van der Waals surface area (Å²) in [5.41, 5.74) is 3.15. The Labute approximate surface area is 219 Å². The molecule has 9 nitrogen and oxygen atoms in total. The highest BCUT2D eigenvalue weighted by Gasteiger charge is 2.32. The minimum absolute atomic E-state index is 0.0251. The maximum atomic E-state index is 12.2. The van der Waals surface area contributed by atoms with Crippen molar-refractivity contribution in [2.75, 3.05) is 11.1 Å². The largest absolute Gasteiger partial charge is 0.481 e. The summed E-state index contributed by atoms with van der Waals surface area (Å²) in [7, 11) is 0. The number of aliphatic carboxylic acids is 1. The molecule has 1 aliphatic heterocycles. The lowest BCUT2D eigenvalue weighted by atomic mass is 10.0. The van der Waals surface area contributed by atoms with Gasteiger partial charge in [-0.05, 0) is 35.7 Å². The number of hydrogen-bond donors (Lipinski definition) is 3. The van der Waals surface area contributed by atoms with Crippen molar-refractivity contribution >= 4 is 29.3 Å². The van der Waals surface area contributed by atoms with Crippen LogP contribution in [0.5, 0.6) is 0 Å². The summed E-state index contributed by atoms with van der Waals surface area (Å²) in [6.45, 7) is -0.0251. The van der Waals surface area contributed by atoms with Crippen molar-refractivity contribution in [1.29, 1.82) is 0 Å². The van der Waals surface area contributed by atoms with Crippen molar-refractivity contribution in [3.63, 3.8) is 0 Å². The van der Waals surface area contributed by atoms with Crippen molar-refractivity contribution in [3.8, 4) is 0 Å². The summed E-state index contributed by atoms with van der Waals surface area (Å²) in [4.78, 5) is 31.5. The topological polar surface area (TPSA) is 131 Å². The molecule has 3 unspecified atom stereocenters. The van der Waals surface area contributed by atoms with Gasteiger partial charge in [-0.2, -0.15) is 0 Å². The second kappa shape index (κ2) is 13.3. The second-order valence-electron chi connectivity index (χ2n) is 8.61. The van der Waals surface area contributed by atoms with Crippen LogP contribution in [0.25, 0.3) is 0 Å². The van der Waals surface area contributed by atoms with Crippen LogP contribution in [0.4, 0.5) is 5.69 Å². The van der Waals surface area contributed by atoms with Gasteiger partial charge in [0.15, 0.2) is 11.4 Å². The molecule has 10 heteroatoms. The number of nitrogens with zero attached hydrogens (tertiary/aromatic N) is 2. The summed E-state index contributed by atoms with van der Waals surface area (Å²) >= 11 is 1.51. The van der Waals surface area contributed by atoms with E-state index in [-0.39, 0.29) is 44.0 Å². The molecule has 1 saturated heterocycles. The molecule has 2 aromatic carbocycles. The fourth-order valence-corrected chi connectivity index (χ4v) is 4.76. The number of benzene rings is 2. The molecule has 37 heavy (non-hydrogen) atoms. The normalized spacial score (nSPS) is 19.3. The first-order chi connectivity index (χ1) is 18.0. The number of rotatable bonds is 11. The molecule has 0 saturated carbocycles. The number of ether oxygens (including phenoxy) is 2. The van der Waals surface area contributed by atoms with Crippen LogP contribution < -0.4 is 5.32 Å². The molecular formula is C27H29N3O6S. The Morgan fingerprint density at radius 3 is 2.51 bits per heavy atom. The summed E-state index contributed by atoms with van der Waals surface area (Å²) < 4.78 is 12.7. The van der Waals surface area contributed by atoms with E-state index in [9.17, 15) is 14.7 Å². The van der Waals surface area contributed by atoms with Gasteiger partial charge in [-0.15, -0.1) is 0 Å². The number of aliphatic hydroxyl groups excluding tert-OH is 1. The Kier molecular flexibility index (Phi) is 9.61. The fraction of sp³-hybridized carbons (Fsp3) is 0.333. The molecule has 1 amide bonds. The third-order valence-electron chi connectivity index (χ3n) is 5.79. The smallest absolute Gasteiger partial charge is 0.303 e. The lowest BCUT2D eigenvalue weighted by Crippen LogP contribution is -2.31. The van der Waals surface area contributed by atoms with Gasteiger partial charge in [0.25, 0.3) is 0 Å². The first-order valence-corrected chi connectivity index (χ1v) is 13.0. The second-order valence-corrected chi connectivity index (χ2v) is 9.60. The van der Waals surface area contributed by atoms with Gasteiger partial charge in [0.05, 0.1) is 18.8 Å². The van der Waals surface area contributed by atoms with E-state index in [1.165, 1.54) is 11.8 Å². The van der Waals surface area contributed by atoms with Gasteiger partial charge in [-0.25, -0.2) is 9.97 Å². The van der Waals surface area contributed by atoms with E-state index in [4.69, 9.17) is 14.6 Å². The standard InChI is InChI=1S/C27H29N3O6S/c31-16-18-8-10-19(11-9-18)23-15-22(17-37-27-28-12-3-13-29-27)35-26(36-23)20-4-1-5-21(14-20)30-24(32)6-2-7-25(33)34/h1,3-5,8-14,22-23,26,31H,2,6-7,15-17H2,(H,30,32)(H,33,34). The van der Waals surface area contributed by atoms with Crippen LogP contribution in [0.1, 0.15) is 54.8 Å². The van der Waals surface area contributed by atoms with Crippen LogP contribution in [-0.2, 0) is 25.7 Å². The van der Waals surface area contributed by atoms with Gasteiger partial charge in [0, 0.05) is 48.7 Å². The quantitative estimate of drug-likeness (QED) is 0.246. The molecule has 0 radical (unpaired) electrons. The molecule has 3 N–H and O–H groups in total. The van der Waals surface area contributed by atoms with Gasteiger partial charge in [-0.1, -0.05) is 48.2 Å². The highest BCUT2D eigenvalue weighted by Crippen LogP contribution is 2.39. The SMILES string of the molecule is O=C(O)CCCC(=O)Nc1cccc(C2OC(CSc3ncccn3)CC(c3ccc(CO)cc3)O2)c1. The average Bonchev–Trinajstić information content (AvgIpc) is 2.92. The van der Waals surface area contributed by atoms with E-state index in [1.54, 1.807) is 24.5 Å². The Morgan fingerprint density at radius 1 is 1.00 bits per heavy atom. The molecule has 1 fully saturated rings. The average molecular weight is 524 g/mol. The third-order valence-corrected chi connectivity index (χ3v) is 6.80. The van der Waals surface area contributed by atoms with E-state index in [1.807, 2.05) is 42.5 Å². The third kappa shape index (κ3) is 8.09. The minimum atomic E-state index is -0.923. The van der Waals surface area contributed by atoms with Crippen molar-refractivity contribution in [3.05, 3.63) is 83.7 Å². The molecule has 3 atom stereocenters. The summed E-state index contributed by atoms with van der Waals surface area (Å²) in [5, 5.41) is 21.7. The molecule has 4 rings (SSSR count). The Morgan fingerprint density at radius 2 is 1.78 bits per heavy atom. The highest BCUT2D eigenvalue weighted by molar-refractivity contribution is 7.99. The Hall–Kier alpha value is -3.31. The zero-order valence-corrected chi connectivity index (χ0v) is 21.0. The lowest BCUT2D eigenvalue weighted by molar-refractivity contribution is -0.245. The number of thioether (sulfide) groups is 1. The monoisotopic (exact) mass is 523 g/mol. The number of aromatic nitrogens is 2. The van der Waals surface area contributed by atoms with Crippen molar-refractivity contribution in [2.45, 2.75) is 55.9 Å². The van der Waals surface area contributed by atoms with Gasteiger partial charge in [0.2, 0.25) is 5.91 Å². The Balaban J connectivity index is 1.48. The first kappa shape index (κ1) is 26.7. The van der Waals surface area contributed by atoms with Gasteiger partial charge < -0.3 is 25.0 Å². The van der Waals surface area contributed by atoms with E-state index in [0.717, 1.165) is 16.7 Å². The summed E-state index contributed by atoms with van der Waals surface area (Å²) in [5.74, 6) is -0.536. The van der Waals surface area contributed by atoms with Crippen LogP contribution in [0, 0.1) is 0 Å². The molecule has 0 bridgehead atoms. The minimum Gasteiger partial charge on any atom is -0.481 e. The molecule has 2 heterocycles. The van der Waals surface area contributed by atoms with Crippen LogP contribution in [0.3, 0.4) is 0 Å². The highest BCUT2D eigenvalue weighted by atomic mass is 32.2. The molecule has 1 aliphatic rings. The van der Waals surface area contributed by atoms with E-state index >= 15 is 0 Å². The number of anilines is 1. The van der Waals surface area contributed by atoms with Crippen LogP contribution in [-0.4, -0.2) is 43.9 Å². The first-order valence-electron chi connectivity index (χ1n) is 12.0. The number of hydrogen-bond acceptors (Lipinski definition) is 8. The van der Waals surface area contributed by atoms with Crippen molar-refractivity contribution in [1.82, 2.24) is 9.97 Å². The van der Waals surface area contributed by atoms with E-state index in [0.29, 0.717) is 23.0 Å². The van der Waals surface area contributed by atoms with Crippen molar-refractivity contribution < 1.29 is 29.3 Å². The zero-order valence-electron chi connectivity index (χ0n) is 20.2. The van der Waals surface area contributed by atoms with Crippen LogP contribution >= 0.6 is 11.8 Å². The number of aliphatic hydroxyl groups is 1. The van der Waals surface area contributed by atoms with Gasteiger partial charge >= 0.3 is 5.97 Å². The number of carboxylic acids is 1. The molecule has 0 spiro atoms. The summed E-state index contributed by atoms with van der Waals surface area (Å²) in [6, 6.07) is 16.7. The predicted octanol–water partition coefficient (Wildman–Crippen LogP) is 4.50. The molecular weight excluding hydrogens is 494 g/mol. The maximum Gasteiger partial charge on any atom is 0.303 e. The molecule has 3 aromatic rings. The van der Waals surface area contributed by atoms with E-state index < -0.39 is 12.3 Å². The van der Waals surface area contributed by atoms with Crippen LogP contribution in [0.2, 0.25) is 0 Å². The number of carbonyl (C=O) groups is 2. The van der Waals surface area contributed by atoms with Gasteiger partial charge in [0.1, 0.15) is 0 Å². The lowest BCUT2D eigenvalue weighted by Gasteiger charge is -2.36. The fourth-order valence-electron chi connectivity index (χ4n) is 3.94. The summed E-state index contributed by atoms with van der Waals surface area (Å²) in [6.07, 6.45) is 3.35. The number of nitrogens with one attached hydrogen (secondary N) is 1. The Bertz CT molecular complexity index is 1180. The van der Waals surface area contributed by atoms with Gasteiger partial charge in [-0.3, -0.25) is 9.59 Å². The molecule has 0 aliphatic carbocycles.